The smallest absolute Gasteiger partial charge is 0.283 e. The highest BCUT2D eigenvalue weighted by Gasteiger charge is 2.34. The molecule has 1 amide bonds. The lowest BCUT2D eigenvalue weighted by molar-refractivity contribution is -0.114. The standard InChI is InChI=1S/C27H30N4O4S/c1-5-17(3)20-9-7-8-10-22(20)34-13-14-35-23-12-11-19(16-24(23)33-6-2)15-21-25(28)31-27(29-26(21)32)36-18(4)30-31/h7-12,15-17,28H,5-6,13-14H2,1-4H3/b21-15-,28-25?/t17-/m0/s1. The number of nitrogens with zero attached hydrogens (tertiary/aromatic N) is 3. The molecule has 2 aromatic carbocycles. The van der Waals surface area contributed by atoms with Gasteiger partial charge in [-0.25, -0.2) is 0 Å². The van der Waals surface area contributed by atoms with Crippen LogP contribution in [-0.2, 0) is 4.79 Å². The molecule has 0 spiro atoms. The number of ether oxygens (including phenoxy) is 3. The third-order valence-corrected chi connectivity index (χ3v) is 6.62. The molecule has 2 aliphatic heterocycles. The van der Waals surface area contributed by atoms with E-state index in [1.807, 2.05) is 38.1 Å². The normalized spacial score (nSPS) is 17.0. The summed E-state index contributed by atoms with van der Waals surface area (Å²) in [5.74, 6) is 1.97. The van der Waals surface area contributed by atoms with Crippen molar-refractivity contribution in [3.05, 3.63) is 59.2 Å². The molecule has 0 saturated carbocycles. The number of aliphatic imine (C=N–C) groups is 1. The van der Waals surface area contributed by atoms with Gasteiger partial charge in [-0.15, -0.1) is 0 Å². The summed E-state index contributed by atoms with van der Waals surface area (Å²) >= 11 is 1.28. The molecule has 1 atom stereocenters. The van der Waals surface area contributed by atoms with Crippen LogP contribution in [-0.4, -0.2) is 46.8 Å². The molecule has 1 N–H and O–H groups in total. The van der Waals surface area contributed by atoms with Crippen molar-refractivity contribution in [1.29, 1.82) is 5.41 Å². The van der Waals surface area contributed by atoms with E-state index in [0.29, 0.717) is 48.0 Å². The zero-order valence-corrected chi connectivity index (χ0v) is 21.7. The molecule has 0 fully saturated rings. The van der Waals surface area contributed by atoms with E-state index < -0.39 is 5.91 Å². The summed E-state index contributed by atoms with van der Waals surface area (Å²) in [6.45, 7) is 9.26. The molecule has 2 aromatic rings. The van der Waals surface area contributed by atoms with Crippen LogP contribution in [0, 0.1) is 5.41 Å². The predicted octanol–water partition coefficient (Wildman–Crippen LogP) is 5.70. The van der Waals surface area contributed by atoms with Gasteiger partial charge in [-0.05, 0) is 73.4 Å². The monoisotopic (exact) mass is 506 g/mol. The third-order valence-electron chi connectivity index (χ3n) is 5.79. The molecule has 0 aliphatic carbocycles. The summed E-state index contributed by atoms with van der Waals surface area (Å²) in [4.78, 5) is 16.6. The summed E-state index contributed by atoms with van der Waals surface area (Å²) in [7, 11) is 0. The highest BCUT2D eigenvalue weighted by molar-refractivity contribution is 8.26. The molecule has 2 heterocycles. The van der Waals surface area contributed by atoms with Crippen molar-refractivity contribution >= 4 is 39.8 Å². The molecule has 8 nitrogen and oxygen atoms in total. The zero-order valence-electron chi connectivity index (χ0n) is 20.9. The van der Waals surface area contributed by atoms with Gasteiger partial charge in [0.25, 0.3) is 5.91 Å². The van der Waals surface area contributed by atoms with Crippen LogP contribution in [0.5, 0.6) is 17.2 Å². The lowest BCUT2D eigenvalue weighted by atomic mass is 9.98. The van der Waals surface area contributed by atoms with E-state index in [4.69, 9.17) is 19.6 Å². The van der Waals surface area contributed by atoms with E-state index in [1.54, 1.807) is 18.2 Å². The maximum atomic E-state index is 12.6. The predicted molar refractivity (Wildman–Crippen MR) is 144 cm³/mol. The van der Waals surface area contributed by atoms with Gasteiger partial charge in [0.2, 0.25) is 5.17 Å². The van der Waals surface area contributed by atoms with E-state index in [0.717, 1.165) is 17.2 Å². The second kappa shape index (κ2) is 11.4. The summed E-state index contributed by atoms with van der Waals surface area (Å²) in [5.41, 5.74) is 2.06. The Bertz CT molecular complexity index is 1250. The number of amides is 1. The zero-order chi connectivity index (χ0) is 25.7. The first kappa shape index (κ1) is 25.5. The number of hydrazone groups is 1. The molecule has 188 valence electrons. The van der Waals surface area contributed by atoms with Crippen LogP contribution < -0.4 is 14.2 Å². The first-order chi connectivity index (χ1) is 17.4. The Kier molecular flexibility index (Phi) is 8.10. The van der Waals surface area contributed by atoms with Gasteiger partial charge in [-0.3, -0.25) is 10.2 Å². The van der Waals surface area contributed by atoms with Gasteiger partial charge in [-0.1, -0.05) is 38.1 Å². The molecule has 0 bridgehead atoms. The first-order valence-electron chi connectivity index (χ1n) is 12.0. The van der Waals surface area contributed by atoms with E-state index in [1.165, 1.54) is 22.3 Å². The largest absolute Gasteiger partial charge is 0.490 e. The number of thioether (sulfide) groups is 1. The number of hydrogen-bond donors (Lipinski definition) is 1. The molecule has 4 rings (SSSR count). The number of para-hydroxylation sites is 1. The van der Waals surface area contributed by atoms with Crippen molar-refractivity contribution < 1.29 is 19.0 Å². The number of carbonyl (C=O) groups is 1. The minimum absolute atomic E-state index is 0.00228. The molecule has 0 aromatic heterocycles. The van der Waals surface area contributed by atoms with E-state index >= 15 is 0 Å². The minimum atomic E-state index is -0.461. The van der Waals surface area contributed by atoms with Crippen molar-refractivity contribution in [1.82, 2.24) is 5.01 Å². The quantitative estimate of drug-likeness (QED) is 0.328. The fourth-order valence-corrected chi connectivity index (χ4v) is 4.53. The fraction of sp³-hybridized carbons (Fsp3) is 0.333. The van der Waals surface area contributed by atoms with Gasteiger partial charge in [0.15, 0.2) is 17.3 Å². The average molecular weight is 507 g/mol. The Balaban J connectivity index is 1.45. The number of hydrogen-bond acceptors (Lipinski definition) is 7. The van der Waals surface area contributed by atoms with Gasteiger partial charge >= 0.3 is 0 Å². The highest BCUT2D eigenvalue weighted by Crippen LogP contribution is 2.32. The molecular formula is C27H30N4O4S. The lowest BCUT2D eigenvalue weighted by Gasteiger charge is -2.20. The van der Waals surface area contributed by atoms with Crippen LogP contribution >= 0.6 is 11.8 Å². The number of fused-ring (bicyclic) bond motifs is 1. The molecule has 9 heteroatoms. The SMILES string of the molecule is CCOc1cc(/C=C2/C(=N)N3N=C(C)SC3=NC2=O)ccc1OCCOc1ccccc1[C@@H](C)CC. The highest BCUT2D eigenvalue weighted by atomic mass is 32.2. The van der Waals surface area contributed by atoms with Crippen molar-refractivity contribution in [2.75, 3.05) is 19.8 Å². The third kappa shape index (κ3) is 5.62. The lowest BCUT2D eigenvalue weighted by Crippen LogP contribution is -2.35. The fourth-order valence-electron chi connectivity index (χ4n) is 3.80. The average Bonchev–Trinajstić information content (AvgIpc) is 3.25. The number of carbonyl (C=O) groups excluding carboxylic acids is 1. The maximum Gasteiger partial charge on any atom is 0.283 e. The van der Waals surface area contributed by atoms with E-state index in [2.05, 4.69) is 30.0 Å². The number of nitrogens with one attached hydrogen (secondary N) is 1. The maximum absolute atomic E-state index is 12.6. The Hall–Kier alpha value is -3.59. The van der Waals surface area contributed by atoms with Crippen LogP contribution in [0.4, 0.5) is 0 Å². The molecule has 0 saturated heterocycles. The second-order valence-corrected chi connectivity index (χ2v) is 9.48. The van der Waals surface area contributed by atoms with E-state index in [9.17, 15) is 4.79 Å². The molecule has 0 unspecified atom stereocenters. The van der Waals surface area contributed by atoms with Crippen LogP contribution in [0.3, 0.4) is 0 Å². The van der Waals surface area contributed by atoms with Gasteiger partial charge in [0.1, 0.15) is 19.0 Å². The second-order valence-electron chi connectivity index (χ2n) is 8.32. The number of rotatable bonds is 10. The van der Waals surface area contributed by atoms with Gasteiger partial charge in [-0.2, -0.15) is 15.1 Å². The van der Waals surface area contributed by atoms with E-state index in [-0.39, 0.29) is 11.4 Å². The Labute approximate surface area is 215 Å². The summed E-state index contributed by atoms with van der Waals surface area (Å²) in [5, 5.41) is 15.2. The van der Waals surface area contributed by atoms with Crippen molar-refractivity contribution in [3.8, 4) is 17.2 Å². The van der Waals surface area contributed by atoms with Crippen LogP contribution in [0.25, 0.3) is 6.08 Å². The van der Waals surface area contributed by atoms with Crippen molar-refractivity contribution in [2.24, 2.45) is 10.1 Å². The number of benzene rings is 2. The van der Waals surface area contributed by atoms with Crippen LogP contribution in [0.1, 0.15) is 51.2 Å². The van der Waals surface area contributed by atoms with Crippen molar-refractivity contribution in [2.45, 2.75) is 40.0 Å². The molecule has 36 heavy (non-hydrogen) atoms. The van der Waals surface area contributed by atoms with Crippen LogP contribution in [0.15, 0.2) is 58.1 Å². The summed E-state index contributed by atoms with van der Waals surface area (Å²) in [6.07, 6.45) is 2.67. The Morgan fingerprint density at radius 3 is 2.56 bits per heavy atom. The topological polar surface area (TPSA) is 96.6 Å². The first-order valence-corrected chi connectivity index (χ1v) is 12.8. The Morgan fingerprint density at radius 2 is 1.81 bits per heavy atom. The number of amidine groups is 2. The summed E-state index contributed by atoms with van der Waals surface area (Å²) in [6, 6.07) is 13.5. The summed E-state index contributed by atoms with van der Waals surface area (Å²) < 4.78 is 17.8. The van der Waals surface area contributed by atoms with Gasteiger partial charge in [0.05, 0.1) is 17.2 Å². The van der Waals surface area contributed by atoms with Gasteiger partial charge < -0.3 is 14.2 Å². The molecule has 0 radical (unpaired) electrons. The minimum Gasteiger partial charge on any atom is -0.490 e. The molecular weight excluding hydrogens is 476 g/mol. The van der Waals surface area contributed by atoms with Crippen LogP contribution in [0.2, 0.25) is 0 Å². The Morgan fingerprint density at radius 1 is 1.06 bits per heavy atom. The molecule has 2 aliphatic rings. The van der Waals surface area contributed by atoms with Gasteiger partial charge in [0, 0.05) is 0 Å². The van der Waals surface area contributed by atoms with Crippen molar-refractivity contribution in [3.63, 3.8) is 0 Å².